The summed E-state index contributed by atoms with van der Waals surface area (Å²) in [6.45, 7) is 2.02. The molecule has 0 radical (unpaired) electrons. The highest BCUT2D eigenvalue weighted by molar-refractivity contribution is 7.09. The second-order valence-electron chi connectivity index (χ2n) is 5.78. The van der Waals surface area contributed by atoms with Crippen LogP contribution in [0.5, 0.6) is 0 Å². The lowest BCUT2D eigenvalue weighted by Crippen LogP contribution is -2.26. The Labute approximate surface area is 146 Å². The standard InChI is InChI=1S/C19H21N3OS/c1-15(21-19(23)6-2-4-18-5-3-13-24-18)16-7-9-17(10-8-16)22-12-11-20-14-22/h3,5,7-15H,2,4,6H2,1H3,(H,21,23)/t15-/m1/s1. The van der Waals surface area contributed by atoms with E-state index in [1.807, 2.05) is 42.0 Å². The van der Waals surface area contributed by atoms with Crippen LogP contribution in [0.2, 0.25) is 0 Å². The Balaban J connectivity index is 1.48. The molecule has 0 aliphatic heterocycles. The van der Waals surface area contributed by atoms with Gasteiger partial charge in [-0.15, -0.1) is 11.3 Å². The first kappa shape index (κ1) is 16.5. The Morgan fingerprint density at radius 1 is 1.29 bits per heavy atom. The maximum atomic E-state index is 12.1. The lowest BCUT2D eigenvalue weighted by atomic mass is 10.1. The molecule has 0 bridgehead atoms. The van der Waals surface area contributed by atoms with E-state index in [1.165, 1.54) is 4.88 Å². The van der Waals surface area contributed by atoms with Crippen molar-refractivity contribution in [3.05, 3.63) is 70.9 Å². The molecule has 2 heterocycles. The zero-order valence-corrected chi connectivity index (χ0v) is 14.5. The number of carbonyl (C=O) groups is 1. The number of aryl methyl sites for hydroxylation is 1. The molecule has 0 aliphatic rings. The van der Waals surface area contributed by atoms with Gasteiger partial charge >= 0.3 is 0 Å². The fourth-order valence-corrected chi connectivity index (χ4v) is 3.37. The molecule has 3 aromatic rings. The highest BCUT2D eigenvalue weighted by Crippen LogP contribution is 2.16. The summed E-state index contributed by atoms with van der Waals surface area (Å²) >= 11 is 1.75. The van der Waals surface area contributed by atoms with Gasteiger partial charge in [0, 0.05) is 29.4 Å². The molecule has 0 aliphatic carbocycles. The van der Waals surface area contributed by atoms with Crippen LogP contribution in [-0.2, 0) is 11.2 Å². The quantitative estimate of drug-likeness (QED) is 0.703. The molecule has 1 amide bonds. The Kier molecular flexibility index (Phi) is 5.43. The Hall–Kier alpha value is -2.40. The minimum Gasteiger partial charge on any atom is -0.350 e. The van der Waals surface area contributed by atoms with Gasteiger partial charge in [-0.1, -0.05) is 18.2 Å². The number of imidazole rings is 1. The number of nitrogens with zero attached hydrogens (tertiary/aromatic N) is 2. The summed E-state index contributed by atoms with van der Waals surface area (Å²) in [7, 11) is 0. The summed E-state index contributed by atoms with van der Waals surface area (Å²) < 4.78 is 1.96. The topological polar surface area (TPSA) is 46.9 Å². The van der Waals surface area contributed by atoms with E-state index >= 15 is 0 Å². The molecule has 5 heteroatoms. The van der Waals surface area contributed by atoms with E-state index in [0.717, 1.165) is 24.1 Å². The van der Waals surface area contributed by atoms with E-state index in [0.29, 0.717) is 6.42 Å². The van der Waals surface area contributed by atoms with Crippen LogP contribution in [0.4, 0.5) is 0 Å². The Bertz CT molecular complexity index is 749. The zero-order valence-electron chi connectivity index (χ0n) is 13.7. The number of hydrogen-bond acceptors (Lipinski definition) is 3. The molecule has 124 valence electrons. The van der Waals surface area contributed by atoms with Crippen molar-refractivity contribution in [1.82, 2.24) is 14.9 Å². The van der Waals surface area contributed by atoms with Crippen LogP contribution in [0.1, 0.15) is 36.2 Å². The molecule has 1 aromatic carbocycles. The third kappa shape index (κ3) is 4.32. The van der Waals surface area contributed by atoms with Gasteiger partial charge in [-0.25, -0.2) is 4.98 Å². The largest absolute Gasteiger partial charge is 0.350 e. The summed E-state index contributed by atoms with van der Waals surface area (Å²) in [5, 5.41) is 5.15. The molecule has 0 saturated carbocycles. The molecule has 2 aromatic heterocycles. The van der Waals surface area contributed by atoms with E-state index < -0.39 is 0 Å². The summed E-state index contributed by atoms with van der Waals surface area (Å²) in [5.74, 6) is 0.109. The lowest BCUT2D eigenvalue weighted by molar-refractivity contribution is -0.121. The van der Waals surface area contributed by atoms with Crippen LogP contribution in [0.3, 0.4) is 0 Å². The van der Waals surface area contributed by atoms with Crippen molar-refractivity contribution in [2.75, 3.05) is 0 Å². The molecule has 0 spiro atoms. The van der Waals surface area contributed by atoms with Gasteiger partial charge in [0.05, 0.1) is 12.4 Å². The number of rotatable bonds is 7. The van der Waals surface area contributed by atoms with Gasteiger partial charge in [-0.2, -0.15) is 0 Å². The van der Waals surface area contributed by atoms with E-state index in [9.17, 15) is 4.79 Å². The first-order chi connectivity index (χ1) is 11.7. The van der Waals surface area contributed by atoms with E-state index in [-0.39, 0.29) is 11.9 Å². The fourth-order valence-electron chi connectivity index (χ4n) is 2.62. The van der Waals surface area contributed by atoms with Crippen molar-refractivity contribution in [2.45, 2.75) is 32.2 Å². The molecular formula is C19H21N3OS. The van der Waals surface area contributed by atoms with Crippen LogP contribution in [0.25, 0.3) is 5.69 Å². The number of benzene rings is 1. The zero-order chi connectivity index (χ0) is 16.8. The van der Waals surface area contributed by atoms with Gasteiger partial charge in [-0.05, 0) is 48.9 Å². The van der Waals surface area contributed by atoms with Gasteiger partial charge in [0.15, 0.2) is 0 Å². The lowest BCUT2D eigenvalue weighted by Gasteiger charge is -2.15. The number of amides is 1. The molecule has 24 heavy (non-hydrogen) atoms. The number of nitrogens with one attached hydrogen (secondary N) is 1. The van der Waals surface area contributed by atoms with Gasteiger partial charge in [0.2, 0.25) is 5.91 Å². The summed E-state index contributed by atoms with van der Waals surface area (Å²) in [6, 6.07) is 12.4. The van der Waals surface area contributed by atoms with E-state index in [1.54, 1.807) is 23.9 Å². The van der Waals surface area contributed by atoms with Crippen molar-refractivity contribution in [3.8, 4) is 5.69 Å². The van der Waals surface area contributed by atoms with Crippen LogP contribution in [0.15, 0.2) is 60.5 Å². The first-order valence-electron chi connectivity index (χ1n) is 8.12. The molecule has 0 saturated heterocycles. The van der Waals surface area contributed by atoms with Crippen molar-refractivity contribution in [2.24, 2.45) is 0 Å². The maximum Gasteiger partial charge on any atom is 0.220 e. The SMILES string of the molecule is C[C@@H](NC(=O)CCCc1cccs1)c1ccc(-n2ccnc2)cc1. The average molecular weight is 339 g/mol. The molecule has 3 rings (SSSR count). The molecule has 4 nitrogen and oxygen atoms in total. The first-order valence-corrected chi connectivity index (χ1v) is 9.00. The van der Waals surface area contributed by atoms with Crippen molar-refractivity contribution in [1.29, 1.82) is 0 Å². The van der Waals surface area contributed by atoms with Gasteiger partial charge in [-0.3, -0.25) is 4.79 Å². The number of thiophene rings is 1. The molecular weight excluding hydrogens is 318 g/mol. The highest BCUT2D eigenvalue weighted by atomic mass is 32.1. The average Bonchev–Trinajstić information content (AvgIpc) is 3.29. The van der Waals surface area contributed by atoms with Gasteiger partial charge in [0.25, 0.3) is 0 Å². The Morgan fingerprint density at radius 2 is 2.12 bits per heavy atom. The van der Waals surface area contributed by atoms with Gasteiger partial charge < -0.3 is 9.88 Å². The van der Waals surface area contributed by atoms with E-state index in [2.05, 4.69) is 27.8 Å². The van der Waals surface area contributed by atoms with Crippen LogP contribution < -0.4 is 5.32 Å². The minimum absolute atomic E-state index is 0.0103. The minimum atomic E-state index is 0.0103. The highest BCUT2D eigenvalue weighted by Gasteiger charge is 2.10. The van der Waals surface area contributed by atoms with E-state index in [4.69, 9.17) is 0 Å². The number of carbonyl (C=O) groups excluding carboxylic acids is 1. The predicted octanol–water partition coefficient (Wildman–Crippen LogP) is 4.13. The van der Waals surface area contributed by atoms with Crippen LogP contribution >= 0.6 is 11.3 Å². The Morgan fingerprint density at radius 3 is 2.79 bits per heavy atom. The third-order valence-electron chi connectivity index (χ3n) is 3.98. The van der Waals surface area contributed by atoms with Crippen molar-refractivity contribution in [3.63, 3.8) is 0 Å². The third-order valence-corrected chi connectivity index (χ3v) is 4.92. The van der Waals surface area contributed by atoms with Crippen molar-refractivity contribution < 1.29 is 4.79 Å². The van der Waals surface area contributed by atoms with Gasteiger partial charge in [0.1, 0.15) is 0 Å². The second kappa shape index (κ2) is 7.93. The number of hydrogen-bond donors (Lipinski definition) is 1. The monoisotopic (exact) mass is 339 g/mol. The molecule has 0 unspecified atom stereocenters. The van der Waals surface area contributed by atoms with Crippen molar-refractivity contribution >= 4 is 17.2 Å². The summed E-state index contributed by atoms with van der Waals surface area (Å²) in [4.78, 5) is 17.5. The summed E-state index contributed by atoms with van der Waals surface area (Å²) in [5.41, 5.74) is 2.16. The normalized spacial score (nSPS) is 12.0. The molecule has 0 fully saturated rings. The summed E-state index contributed by atoms with van der Waals surface area (Å²) in [6.07, 6.45) is 7.86. The number of aromatic nitrogens is 2. The smallest absolute Gasteiger partial charge is 0.220 e. The maximum absolute atomic E-state index is 12.1. The fraction of sp³-hybridized carbons (Fsp3) is 0.263. The predicted molar refractivity (Wildman–Crippen MR) is 97.4 cm³/mol. The van der Waals surface area contributed by atoms with Crippen LogP contribution in [0, 0.1) is 0 Å². The second-order valence-corrected chi connectivity index (χ2v) is 6.82. The molecule has 1 N–H and O–H groups in total. The van der Waals surface area contributed by atoms with Crippen LogP contribution in [-0.4, -0.2) is 15.5 Å². The molecule has 1 atom stereocenters.